The summed E-state index contributed by atoms with van der Waals surface area (Å²) in [5.74, 6) is 2.71. The number of carbonyl (C=O) groups excluding carboxylic acids is 1. The van der Waals surface area contributed by atoms with Crippen molar-refractivity contribution in [2.75, 3.05) is 11.1 Å². The third-order valence-electron chi connectivity index (χ3n) is 4.72. The molecule has 0 atom stereocenters. The molecule has 1 amide bonds. The van der Waals surface area contributed by atoms with E-state index in [9.17, 15) is 4.79 Å². The number of anilines is 1. The Morgan fingerprint density at radius 3 is 2.54 bits per heavy atom. The summed E-state index contributed by atoms with van der Waals surface area (Å²) >= 11 is 1.70. The molecule has 2 aromatic rings. The van der Waals surface area contributed by atoms with Crippen LogP contribution in [0.3, 0.4) is 0 Å². The number of hydrogen-bond acceptors (Lipinski definition) is 4. The second-order valence-electron chi connectivity index (χ2n) is 7.13. The van der Waals surface area contributed by atoms with Gasteiger partial charge < -0.3 is 9.88 Å². The fraction of sp³-hybridized carbons (Fsp3) is 0.550. The SMILES string of the molecule is CCn1c(SCCCC(=O)Nc2c(C)cc(C)cc2C)nnc1C1CC1. The molecule has 1 heterocycles. The number of amides is 1. The fourth-order valence-electron chi connectivity index (χ4n) is 3.32. The number of nitrogens with one attached hydrogen (secondary N) is 1. The first kappa shape index (κ1) is 19.0. The molecule has 0 aliphatic heterocycles. The van der Waals surface area contributed by atoms with Crippen LogP contribution in [0.5, 0.6) is 0 Å². The maximum absolute atomic E-state index is 12.3. The van der Waals surface area contributed by atoms with Gasteiger partial charge in [-0.3, -0.25) is 4.79 Å². The van der Waals surface area contributed by atoms with Gasteiger partial charge >= 0.3 is 0 Å². The van der Waals surface area contributed by atoms with Gasteiger partial charge in [-0.15, -0.1) is 10.2 Å². The van der Waals surface area contributed by atoms with Crippen molar-refractivity contribution in [2.24, 2.45) is 0 Å². The number of benzene rings is 1. The third-order valence-corrected chi connectivity index (χ3v) is 5.78. The van der Waals surface area contributed by atoms with E-state index in [2.05, 4.69) is 46.1 Å². The Balaban J connectivity index is 1.47. The zero-order valence-electron chi connectivity index (χ0n) is 16.1. The second kappa shape index (κ2) is 8.25. The van der Waals surface area contributed by atoms with Crippen molar-refractivity contribution in [3.63, 3.8) is 0 Å². The molecule has 140 valence electrons. The molecule has 5 nitrogen and oxygen atoms in total. The molecule has 1 N–H and O–H groups in total. The van der Waals surface area contributed by atoms with E-state index >= 15 is 0 Å². The first-order valence-electron chi connectivity index (χ1n) is 9.43. The number of nitrogens with zero attached hydrogens (tertiary/aromatic N) is 3. The van der Waals surface area contributed by atoms with E-state index in [0.29, 0.717) is 12.3 Å². The maximum Gasteiger partial charge on any atom is 0.224 e. The molecule has 1 aliphatic carbocycles. The lowest BCUT2D eigenvalue weighted by Gasteiger charge is -2.12. The first-order valence-corrected chi connectivity index (χ1v) is 10.4. The molecule has 1 fully saturated rings. The lowest BCUT2D eigenvalue weighted by Crippen LogP contribution is -2.13. The van der Waals surface area contributed by atoms with E-state index in [-0.39, 0.29) is 5.91 Å². The summed E-state index contributed by atoms with van der Waals surface area (Å²) in [5, 5.41) is 12.8. The molecular weight excluding hydrogens is 344 g/mol. The summed E-state index contributed by atoms with van der Waals surface area (Å²) in [4.78, 5) is 12.3. The number of rotatable bonds is 8. The van der Waals surface area contributed by atoms with Gasteiger partial charge in [0.1, 0.15) is 5.82 Å². The summed E-state index contributed by atoms with van der Waals surface area (Å²) < 4.78 is 2.22. The van der Waals surface area contributed by atoms with Crippen LogP contribution in [-0.4, -0.2) is 26.4 Å². The minimum absolute atomic E-state index is 0.0799. The number of thioether (sulfide) groups is 1. The lowest BCUT2D eigenvalue weighted by atomic mass is 10.0. The zero-order valence-corrected chi connectivity index (χ0v) is 16.9. The van der Waals surface area contributed by atoms with Crippen molar-refractivity contribution in [1.82, 2.24) is 14.8 Å². The largest absolute Gasteiger partial charge is 0.326 e. The predicted molar refractivity (Wildman–Crippen MR) is 107 cm³/mol. The summed E-state index contributed by atoms with van der Waals surface area (Å²) in [6, 6.07) is 4.21. The highest BCUT2D eigenvalue weighted by Gasteiger charge is 2.29. The average molecular weight is 373 g/mol. The molecule has 0 bridgehead atoms. The first-order chi connectivity index (χ1) is 12.5. The number of carbonyl (C=O) groups is 1. The highest BCUT2D eigenvalue weighted by atomic mass is 32.2. The monoisotopic (exact) mass is 372 g/mol. The third kappa shape index (κ3) is 4.47. The zero-order chi connectivity index (χ0) is 18.7. The molecule has 6 heteroatoms. The van der Waals surface area contributed by atoms with Gasteiger partial charge in [0.05, 0.1) is 0 Å². The van der Waals surface area contributed by atoms with Crippen molar-refractivity contribution < 1.29 is 4.79 Å². The van der Waals surface area contributed by atoms with E-state index in [4.69, 9.17) is 0 Å². The van der Waals surface area contributed by atoms with Gasteiger partial charge in [-0.05, 0) is 58.1 Å². The highest BCUT2D eigenvalue weighted by molar-refractivity contribution is 7.99. The van der Waals surface area contributed by atoms with Crippen molar-refractivity contribution in [1.29, 1.82) is 0 Å². The molecule has 0 radical (unpaired) electrons. The minimum Gasteiger partial charge on any atom is -0.326 e. The van der Waals surface area contributed by atoms with Gasteiger partial charge in [0, 0.05) is 30.3 Å². The summed E-state index contributed by atoms with van der Waals surface area (Å²) in [5.41, 5.74) is 4.41. The lowest BCUT2D eigenvalue weighted by molar-refractivity contribution is -0.116. The second-order valence-corrected chi connectivity index (χ2v) is 8.20. The number of aryl methyl sites for hydroxylation is 3. The van der Waals surface area contributed by atoms with Gasteiger partial charge in [-0.1, -0.05) is 29.5 Å². The smallest absolute Gasteiger partial charge is 0.224 e. The van der Waals surface area contributed by atoms with Crippen molar-refractivity contribution >= 4 is 23.4 Å². The van der Waals surface area contributed by atoms with Crippen LogP contribution in [0.1, 0.15) is 61.0 Å². The van der Waals surface area contributed by atoms with Crippen LogP contribution < -0.4 is 5.32 Å². The molecular formula is C20H28N4OS. The fourth-order valence-corrected chi connectivity index (χ4v) is 4.27. The van der Waals surface area contributed by atoms with Crippen LogP contribution in [0.2, 0.25) is 0 Å². The van der Waals surface area contributed by atoms with Crippen LogP contribution in [0.25, 0.3) is 0 Å². The molecule has 0 spiro atoms. The summed E-state index contributed by atoms with van der Waals surface area (Å²) in [6.45, 7) is 9.21. The Labute approximate surface area is 160 Å². The Bertz CT molecular complexity index is 772. The van der Waals surface area contributed by atoms with E-state index in [0.717, 1.165) is 46.5 Å². The normalized spacial score (nSPS) is 13.8. The Kier molecular flexibility index (Phi) is 6.01. The topological polar surface area (TPSA) is 59.8 Å². The molecule has 1 aromatic carbocycles. The average Bonchev–Trinajstić information content (AvgIpc) is 3.35. The molecule has 1 aromatic heterocycles. The van der Waals surface area contributed by atoms with Crippen LogP contribution in [-0.2, 0) is 11.3 Å². The molecule has 1 aliphatic rings. The predicted octanol–water partition coefficient (Wildman–Crippen LogP) is 4.61. The van der Waals surface area contributed by atoms with Gasteiger partial charge in [-0.25, -0.2) is 0 Å². The van der Waals surface area contributed by atoms with Crippen LogP contribution in [0.4, 0.5) is 5.69 Å². The van der Waals surface area contributed by atoms with E-state index in [1.807, 2.05) is 13.8 Å². The van der Waals surface area contributed by atoms with E-state index in [1.54, 1.807) is 11.8 Å². The minimum atomic E-state index is 0.0799. The van der Waals surface area contributed by atoms with Gasteiger partial charge in [0.2, 0.25) is 5.91 Å². The molecule has 1 saturated carbocycles. The van der Waals surface area contributed by atoms with E-state index in [1.165, 1.54) is 18.4 Å². The molecule has 3 rings (SSSR count). The quantitative estimate of drug-likeness (QED) is 0.543. The Hall–Kier alpha value is -1.82. The number of hydrogen-bond donors (Lipinski definition) is 1. The molecule has 0 unspecified atom stereocenters. The van der Waals surface area contributed by atoms with Gasteiger partial charge in [0.25, 0.3) is 0 Å². The van der Waals surface area contributed by atoms with E-state index < -0.39 is 0 Å². The molecule has 26 heavy (non-hydrogen) atoms. The molecule has 0 saturated heterocycles. The van der Waals surface area contributed by atoms with Crippen LogP contribution in [0.15, 0.2) is 17.3 Å². The summed E-state index contributed by atoms with van der Waals surface area (Å²) in [7, 11) is 0. The standard InChI is InChI=1S/C20H28N4OS/c1-5-24-19(16-8-9-16)22-23-20(24)26-10-6-7-17(25)21-18-14(3)11-13(2)12-15(18)4/h11-12,16H,5-10H2,1-4H3,(H,21,25). The van der Waals surface area contributed by atoms with Crippen LogP contribution >= 0.6 is 11.8 Å². The number of aromatic nitrogens is 3. The van der Waals surface area contributed by atoms with Gasteiger partial charge in [-0.2, -0.15) is 0 Å². The Morgan fingerprint density at radius 2 is 1.92 bits per heavy atom. The van der Waals surface area contributed by atoms with Crippen molar-refractivity contribution in [2.45, 2.75) is 71.0 Å². The van der Waals surface area contributed by atoms with Crippen molar-refractivity contribution in [3.05, 3.63) is 34.6 Å². The Morgan fingerprint density at radius 1 is 1.23 bits per heavy atom. The van der Waals surface area contributed by atoms with Gasteiger partial charge in [0.15, 0.2) is 5.16 Å². The maximum atomic E-state index is 12.3. The van der Waals surface area contributed by atoms with Crippen molar-refractivity contribution in [3.8, 4) is 0 Å². The highest BCUT2D eigenvalue weighted by Crippen LogP contribution is 2.40. The van der Waals surface area contributed by atoms with Crippen LogP contribution in [0, 0.1) is 20.8 Å². The summed E-state index contributed by atoms with van der Waals surface area (Å²) in [6.07, 6.45) is 3.83.